The van der Waals surface area contributed by atoms with Crippen molar-refractivity contribution in [2.75, 3.05) is 35.6 Å². The first-order valence-electron chi connectivity index (χ1n) is 12.8. The Morgan fingerprint density at radius 2 is 1.86 bits per heavy atom. The van der Waals surface area contributed by atoms with Gasteiger partial charge in [0.25, 0.3) is 5.91 Å². The van der Waals surface area contributed by atoms with E-state index in [-0.39, 0.29) is 5.91 Å². The molecule has 37 heavy (non-hydrogen) atoms. The predicted molar refractivity (Wildman–Crippen MR) is 145 cm³/mol. The van der Waals surface area contributed by atoms with Gasteiger partial charge < -0.3 is 21.3 Å². The van der Waals surface area contributed by atoms with E-state index in [0.717, 1.165) is 50.1 Å². The Balaban J connectivity index is 1.08. The second-order valence-corrected chi connectivity index (χ2v) is 9.83. The highest BCUT2D eigenvalue weighted by molar-refractivity contribution is 6.05. The molecule has 0 radical (unpaired) electrons. The maximum Gasteiger partial charge on any atom is 0.258 e. The topological polar surface area (TPSA) is 127 Å². The quantitative estimate of drug-likeness (QED) is 0.314. The number of amides is 1. The minimum absolute atomic E-state index is 0.280. The zero-order chi connectivity index (χ0) is 25.8. The third kappa shape index (κ3) is 5.69. The molecule has 0 atom stereocenters. The molecule has 0 aliphatic carbocycles. The normalized spacial score (nSPS) is 14.4. The van der Waals surface area contributed by atoms with Crippen molar-refractivity contribution < 1.29 is 4.79 Å². The molecule has 1 fully saturated rings. The van der Waals surface area contributed by atoms with Crippen molar-refractivity contribution >= 4 is 34.3 Å². The van der Waals surface area contributed by atoms with Gasteiger partial charge in [-0.1, -0.05) is 23.4 Å². The summed E-state index contributed by atoms with van der Waals surface area (Å²) in [6, 6.07) is 13.8. The van der Waals surface area contributed by atoms with Crippen LogP contribution in [0, 0.1) is 5.92 Å². The summed E-state index contributed by atoms with van der Waals surface area (Å²) in [7, 11) is 0. The number of hydrogen-bond donors (Lipinski definition) is 3. The van der Waals surface area contributed by atoms with Gasteiger partial charge in [-0.2, -0.15) is 0 Å². The maximum absolute atomic E-state index is 12.5. The summed E-state index contributed by atoms with van der Waals surface area (Å²) in [5, 5.41) is 15.0. The van der Waals surface area contributed by atoms with Crippen LogP contribution in [0.25, 0.3) is 11.0 Å². The minimum atomic E-state index is -0.280. The third-order valence-corrected chi connectivity index (χ3v) is 6.79. The van der Waals surface area contributed by atoms with Gasteiger partial charge in [0.1, 0.15) is 5.52 Å². The van der Waals surface area contributed by atoms with E-state index in [4.69, 9.17) is 5.73 Å². The Bertz CT molecular complexity index is 1360. The third-order valence-electron chi connectivity index (χ3n) is 6.79. The number of carbonyl (C=O) groups is 1. The molecule has 192 valence electrons. The monoisotopic (exact) mass is 499 g/mol. The fourth-order valence-corrected chi connectivity index (χ4v) is 4.64. The molecule has 2 aromatic carbocycles. The summed E-state index contributed by atoms with van der Waals surface area (Å²) >= 11 is 0. The first-order chi connectivity index (χ1) is 18.0. The summed E-state index contributed by atoms with van der Waals surface area (Å²) in [6.07, 6.45) is 5.27. The number of hydrogen-bond acceptors (Lipinski definition) is 8. The number of fused-ring (bicyclic) bond motifs is 1. The van der Waals surface area contributed by atoms with Crippen LogP contribution in [0.2, 0.25) is 0 Å². The fourth-order valence-electron chi connectivity index (χ4n) is 4.64. The van der Waals surface area contributed by atoms with Gasteiger partial charge in [-0.15, -0.1) is 5.10 Å². The molecule has 10 nitrogen and oxygen atoms in total. The lowest BCUT2D eigenvalue weighted by Gasteiger charge is -2.32. The first-order valence-corrected chi connectivity index (χ1v) is 12.8. The number of nitrogens with two attached hydrogens (primary N) is 1. The molecule has 1 aliphatic rings. The van der Waals surface area contributed by atoms with Crippen molar-refractivity contribution in [3.05, 3.63) is 66.0 Å². The van der Waals surface area contributed by atoms with E-state index in [9.17, 15) is 4.79 Å². The molecule has 0 spiro atoms. The standard InChI is InChI=1S/C27H33N9O/c1-18(2)36-25-8-7-20(13-24(25)33-34-36)15-29-14-19-9-11-35(12-10-19)27-30-16-21(17-31-27)26(37)32-23-6-4-3-5-22(23)28/h3-8,13,16-19,29H,9-12,14-15,28H2,1-2H3,(H,32,37). The van der Waals surface area contributed by atoms with E-state index in [1.165, 1.54) is 5.56 Å². The van der Waals surface area contributed by atoms with Crippen LogP contribution in [0.4, 0.5) is 17.3 Å². The summed E-state index contributed by atoms with van der Waals surface area (Å²) in [6.45, 7) is 7.78. The Morgan fingerprint density at radius 3 is 2.59 bits per heavy atom. The number of aromatic nitrogens is 5. The Morgan fingerprint density at radius 1 is 1.11 bits per heavy atom. The predicted octanol–water partition coefficient (Wildman–Crippen LogP) is 3.64. The van der Waals surface area contributed by atoms with E-state index in [0.29, 0.717) is 34.8 Å². The molecule has 10 heteroatoms. The maximum atomic E-state index is 12.5. The van der Waals surface area contributed by atoms with Crippen molar-refractivity contribution in [1.82, 2.24) is 30.3 Å². The number of anilines is 3. The number of benzene rings is 2. The SMILES string of the molecule is CC(C)n1nnc2cc(CNCC3CCN(c4ncc(C(=O)Nc5ccccc5N)cn4)CC3)ccc21. The molecule has 0 saturated carbocycles. The lowest BCUT2D eigenvalue weighted by molar-refractivity contribution is 0.102. The van der Waals surface area contributed by atoms with Crippen molar-refractivity contribution in [1.29, 1.82) is 0 Å². The molecule has 1 amide bonds. The summed E-state index contributed by atoms with van der Waals surface area (Å²) in [5.41, 5.74) is 10.6. The van der Waals surface area contributed by atoms with Crippen molar-refractivity contribution in [3.8, 4) is 0 Å². The van der Waals surface area contributed by atoms with Crippen molar-refractivity contribution in [3.63, 3.8) is 0 Å². The van der Waals surface area contributed by atoms with E-state index in [1.54, 1.807) is 24.5 Å². The van der Waals surface area contributed by atoms with Crippen molar-refractivity contribution in [2.24, 2.45) is 5.92 Å². The van der Waals surface area contributed by atoms with Gasteiger partial charge in [0.2, 0.25) is 5.95 Å². The zero-order valence-corrected chi connectivity index (χ0v) is 21.3. The molecule has 0 unspecified atom stereocenters. The highest BCUT2D eigenvalue weighted by Gasteiger charge is 2.21. The largest absolute Gasteiger partial charge is 0.397 e. The van der Waals surface area contributed by atoms with Crippen LogP contribution in [0.5, 0.6) is 0 Å². The average molecular weight is 500 g/mol. The van der Waals surface area contributed by atoms with Crippen LogP contribution in [0.3, 0.4) is 0 Å². The highest BCUT2D eigenvalue weighted by atomic mass is 16.1. The summed E-state index contributed by atoms with van der Waals surface area (Å²) in [4.78, 5) is 23.6. The second kappa shape index (κ2) is 10.9. The molecule has 1 saturated heterocycles. The first kappa shape index (κ1) is 24.6. The lowest BCUT2D eigenvalue weighted by atomic mass is 9.97. The van der Waals surface area contributed by atoms with Gasteiger partial charge in [-0.3, -0.25) is 4.79 Å². The lowest BCUT2D eigenvalue weighted by Crippen LogP contribution is -2.38. The molecule has 3 heterocycles. The second-order valence-electron chi connectivity index (χ2n) is 9.83. The van der Waals surface area contributed by atoms with Crippen LogP contribution in [0.1, 0.15) is 48.7 Å². The highest BCUT2D eigenvalue weighted by Crippen LogP contribution is 2.22. The van der Waals surface area contributed by atoms with Crippen LogP contribution < -0.4 is 21.3 Å². The van der Waals surface area contributed by atoms with Crippen LogP contribution in [-0.2, 0) is 6.54 Å². The van der Waals surface area contributed by atoms with Crippen LogP contribution in [-0.4, -0.2) is 50.5 Å². The Kier molecular flexibility index (Phi) is 7.27. The number of nitrogens with zero attached hydrogens (tertiary/aromatic N) is 6. The number of rotatable bonds is 8. The number of carbonyl (C=O) groups excluding carboxylic acids is 1. The van der Waals surface area contributed by atoms with Crippen LogP contribution >= 0.6 is 0 Å². The van der Waals surface area contributed by atoms with Crippen LogP contribution in [0.15, 0.2) is 54.9 Å². The summed E-state index contributed by atoms with van der Waals surface area (Å²) in [5.74, 6) is 0.978. The molecular formula is C27H33N9O. The van der Waals surface area contributed by atoms with E-state index >= 15 is 0 Å². The Labute approximate surface area is 216 Å². The van der Waals surface area contributed by atoms with Gasteiger partial charge in [0, 0.05) is 38.1 Å². The van der Waals surface area contributed by atoms with Gasteiger partial charge in [0.15, 0.2) is 0 Å². The molecule has 1 aliphatic heterocycles. The molecule has 5 rings (SSSR count). The average Bonchev–Trinajstić information content (AvgIpc) is 3.34. The Hall–Kier alpha value is -4.05. The van der Waals surface area contributed by atoms with E-state index < -0.39 is 0 Å². The number of para-hydroxylation sites is 2. The molecule has 4 aromatic rings. The smallest absolute Gasteiger partial charge is 0.258 e. The van der Waals surface area contributed by atoms with E-state index in [2.05, 4.69) is 67.9 Å². The van der Waals surface area contributed by atoms with E-state index in [1.807, 2.05) is 16.8 Å². The van der Waals surface area contributed by atoms with Gasteiger partial charge in [-0.05, 0) is 69.0 Å². The van der Waals surface area contributed by atoms with Gasteiger partial charge in [0.05, 0.1) is 22.5 Å². The number of piperidine rings is 1. The molecule has 4 N–H and O–H groups in total. The molecule has 2 aromatic heterocycles. The summed E-state index contributed by atoms with van der Waals surface area (Å²) < 4.78 is 1.95. The van der Waals surface area contributed by atoms with Gasteiger partial charge >= 0.3 is 0 Å². The van der Waals surface area contributed by atoms with Crippen molar-refractivity contribution in [2.45, 2.75) is 39.3 Å². The fraction of sp³-hybridized carbons (Fsp3) is 0.370. The number of nitrogen functional groups attached to an aromatic ring is 1. The minimum Gasteiger partial charge on any atom is -0.397 e. The van der Waals surface area contributed by atoms with Gasteiger partial charge in [-0.25, -0.2) is 14.6 Å². The number of nitrogens with one attached hydrogen (secondary N) is 2. The molecule has 0 bridgehead atoms. The molecular weight excluding hydrogens is 466 g/mol. The zero-order valence-electron chi connectivity index (χ0n) is 21.3.